The Morgan fingerprint density at radius 2 is 1.90 bits per heavy atom. The van der Waals surface area contributed by atoms with Gasteiger partial charge in [0.15, 0.2) is 5.58 Å². The Bertz CT molecular complexity index is 1240. The highest BCUT2D eigenvalue weighted by Gasteiger charge is 2.12. The van der Waals surface area contributed by atoms with Crippen LogP contribution in [0.4, 0.5) is 5.69 Å². The predicted molar refractivity (Wildman–Crippen MR) is 129 cm³/mol. The van der Waals surface area contributed by atoms with Gasteiger partial charge in [-0.05, 0) is 98.7 Å². The summed E-state index contributed by atoms with van der Waals surface area (Å²) in [6.07, 6.45) is 3.21. The Labute approximate surface area is 194 Å². The number of carbonyl (C=O) groups is 1. The Morgan fingerprint density at radius 1 is 1.10 bits per heavy atom. The van der Waals surface area contributed by atoms with Crippen LogP contribution >= 0.6 is 50.1 Å². The topological polar surface area (TPSA) is 55.1 Å². The van der Waals surface area contributed by atoms with Crippen molar-refractivity contribution in [3.05, 3.63) is 85.4 Å². The number of nitrogens with one attached hydrogen (secondary N) is 1. The van der Waals surface area contributed by atoms with Gasteiger partial charge in [-0.3, -0.25) is 4.79 Å². The van der Waals surface area contributed by atoms with Gasteiger partial charge in [-0.15, -0.1) is 0 Å². The molecule has 4 rings (SSSR count). The second kappa shape index (κ2) is 8.69. The second-order valence-corrected chi connectivity index (χ2v) is 8.74. The predicted octanol–water partition coefficient (Wildman–Crippen LogP) is 7.17. The molecular weight excluding hydrogens is 567 g/mol. The van der Waals surface area contributed by atoms with Crippen molar-refractivity contribution in [3.8, 4) is 11.5 Å². The fourth-order valence-corrected chi connectivity index (χ4v) is 3.74. The molecule has 0 aliphatic rings. The third-order valence-corrected chi connectivity index (χ3v) is 5.73. The third-order valence-electron chi connectivity index (χ3n) is 4.11. The van der Waals surface area contributed by atoms with Gasteiger partial charge in [0.1, 0.15) is 5.52 Å². The summed E-state index contributed by atoms with van der Waals surface area (Å²) in [6, 6.07) is 18.6. The molecule has 0 spiro atoms. The first-order valence-electron chi connectivity index (χ1n) is 8.58. The van der Waals surface area contributed by atoms with Crippen LogP contribution in [-0.2, 0) is 4.79 Å². The Balaban J connectivity index is 1.53. The number of nitrogens with zero attached hydrogens (tertiary/aromatic N) is 1. The van der Waals surface area contributed by atoms with E-state index in [4.69, 9.17) is 16.0 Å². The minimum atomic E-state index is -0.233. The van der Waals surface area contributed by atoms with Gasteiger partial charge in [-0.25, -0.2) is 4.98 Å². The highest BCUT2D eigenvalue weighted by atomic mass is 127. The fraction of sp³-hybridized carbons (Fsp3) is 0. The van der Waals surface area contributed by atoms with Gasteiger partial charge < -0.3 is 9.73 Å². The lowest BCUT2D eigenvalue weighted by Gasteiger charge is -2.01. The van der Waals surface area contributed by atoms with Crippen molar-refractivity contribution in [2.45, 2.75) is 0 Å². The lowest BCUT2D eigenvalue weighted by Crippen LogP contribution is -2.07. The number of hydrogen-bond donors (Lipinski definition) is 1. The molecule has 1 N–H and O–H groups in total. The number of halogens is 3. The summed E-state index contributed by atoms with van der Waals surface area (Å²) < 4.78 is 7.88. The van der Waals surface area contributed by atoms with Gasteiger partial charge in [-0.2, -0.15) is 0 Å². The lowest BCUT2D eigenvalue weighted by atomic mass is 10.2. The second-order valence-electron chi connectivity index (χ2n) is 6.20. The molecule has 0 unspecified atom stereocenters. The molecule has 0 fully saturated rings. The molecule has 7 heteroatoms. The van der Waals surface area contributed by atoms with Gasteiger partial charge >= 0.3 is 0 Å². The minimum absolute atomic E-state index is 0.233. The minimum Gasteiger partial charge on any atom is -0.436 e. The van der Waals surface area contributed by atoms with Crippen LogP contribution in [0.15, 0.2) is 75.6 Å². The zero-order valence-corrected chi connectivity index (χ0v) is 19.3. The number of anilines is 1. The maximum atomic E-state index is 12.2. The molecule has 1 aromatic heterocycles. The first kappa shape index (κ1) is 20.1. The molecule has 0 saturated heterocycles. The Hall–Kier alpha value is -2.16. The maximum absolute atomic E-state index is 12.2. The quantitative estimate of drug-likeness (QED) is 0.206. The largest absolute Gasteiger partial charge is 0.436 e. The molecule has 0 atom stereocenters. The van der Waals surface area contributed by atoms with Gasteiger partial charge in [0.2, 0.25) is 11.8 Å². The van der Waals surface area contributed by atoms with E-state index >= 15 is 0 Å². The summed E-state index contributed by atoms with van der Waals surface area (Å²) in [5, 5.41) is 3.50. The fourth-order valence-electron chi connectivity index (χ4n) is 2.71. The SMILES string of the molecule is O=C(C=Cc1ccc(Cl)cc1)Nc1ccc2oc(-c3cc(I)ccc3Br)nc2c1. The van der Waals surface area contributed by atoms with E-state index in [0.29, 0.717) is 27.7 Å². The normalized spacial score (nSPS) is 11.3. The molecule has 3 aromatic carbocycles. The zero-order chi connectivity index (χ0) is 20.4. The average molecular weight is 580 g/mol. The molecule has 4 aromatic rings. The number of aromatic nitrogens is 1. The summed E-state index contributed by atoms with van der Waals surface area (Å²) >= 11 is 11.7. The highest BCUT2D eigenvalue weighted by molar-refractivity contribution is 14.1. The first-order chi connectivity index (χ1) is 14.0. The zero-order valence-electron chi connectivity index (χ0n) is 14.8. The molecule has 0 aliphatic carbocycles. The Kier molecular flexibility index (Phi) is 6.03. The van der Waals surface area contributed by atoms with Crippen LogP contribution in [-0.4, -0.2) is 10.9 Å². The Morgan fingerprint density at radius 3 is 2.69 bits per heavy atom. The van der Waals surface area contributed by atoms with Gasteiger partial charge in [0.05, 0.1) is 5.56 Å². The standard InChI is InChI=1S/C22H13BrClIN2O2/c23-18-8-6-15(25)11-17(18)22-27-19-12-16(7-9-20(19)29-22)26-21(28)10-3-13-1-4-14(24)5-2-13/h1-12H,(H,26,28). The first-order valence-corrected chi connectivity index (χ1v) is 10.8. The highest BCUT2D eigenvalue weighted by Crippen LogP contribution is 2.32. The third kappa shape index (κ3) is 4.88. The summed E-state index contributed by atoms with van der Waals surface area (Å²) in [4.78, 5) is 16.8. The van der Waals surface area contributed by atoms with Crippen LogP contribution in [0.5, 0.6) is 0 Å². The van der Waals surface area contributed by atoms with E-state index in [9.17, 15) is 4.79 Å². The van der Waals surface area contributed by atoms with E-state index < -0.39 is 0 Å². The van der Waals surface area contributed by atoms with Crippen LogP contribution in [0.2, 0.25) is 5.02 Å². The number of fused-ring (bicyclic) bond motifs is 1. The van der Waals surface area contributed by atoms with E-state index in [1.807, 2.05) is 30.3 Å². The van der Waals surface area contributed by atoms with Crippen molar-refractivity contribution in [2.24, 2.45) is 0 Å². The smallest absolute Gasteiger partial charge is 0.248 e. The van der Waals surface area contributed by atoms with Crippen molar-refractivity contribution >= 4 is 78.9 Å². The molecule has 4 nitrogen and oxygen atoms in total. The summed E-state index contributed by atoms with van der Waals surface area (Å²) in [5.41, 5.74) is 3.74. The van der Waals surface area contributed by atoms with Gasteiger partial charge in [-0.1, -0.05) is 23.7 Å². The summed E-state index contributed by atoms with van der Waals surface area (Å²) in [5.74, 6) is 0.292. The number of rotatable bonds is 4. The van der Waals surface area contributed by atoms with Crippen LogP contribution in [0.25, 0.3) is 28.6 Å². The maximum Gasteiger partial charge on any atom is 0.248 e. The van der Waals surface area contributed by atoms with E-state index in [2.05, 4.69) is 48.8 Å². The lowest BCUT2D eigenvalue weighted by molar-refractivity contribution is -0.111. The summed E-state index contributed by atoms with van der Waals surface area (Å²) in [6.45, 7) is 0. The molecule has 144 valence electrons. The number of amides is 1. The molecular formula is C22H13BrClIN2O2. The van der Waals surface area contributed by atoms with Crippen LogP contribution in [0.3, 0.4) is 0 Å². The van der Waals surface area contributed by atoms with E-state index in [1.165, 1.54) is 6.08 Å². The van der Waals surface area contributed by atoms with Crippen molar-refractivity contribution in [2.75, 3.05) is 5.32 Å². The van der Waals surface area contributed by atoms with Crippen LogP contribution in [0, 0.1) is 3.57 Å². The summed E-state index contributed by atoms with van der Waals surface area (Å²) in [7, 11) is 0. The van der Waals surface area contributed by atoms with Crippen molar-refractivity contribution in [1.82, 2.24) is 4.98 Å². The number of oxazole rings is 1. The molecule has 0 saturated carbocycles. The molecule has 0 radical (unpaired) electrons. The van der Waals surface area contributed by atoms with E-state index in [0.717, 1.165) is 19.2 Å². The van der Waals surface area contributed by atoms with Crippen molar-refractivity contribution in [3.63, 3.8) is 0 Å². The van der Waals surface area contributed by atoms with E-state index in [-0.39, 0.29) is 5.91 Å². The number of carbonyl (C=O) groups excluding carboxylic acids is 1. The van der Waals surface area contributed by atoms with Gasteiger partial charge in [0.25, 0.3) is 0 Å². The van der Waals surface area contributed by atoms with Crippen molar-refractivity contribution in [1.29, 1.82) is 0 Å². The van der Waals surface area contributed by atoms with Gasteiger partial charge in [0, 0.05) is 24.8 Å². The van der Waals surface area contributed by atoms with Crippen LogP contribution < -0.4 is 5.32 Å². The number of hydrogen-bond acceptors (Lipinski definition) is 3. The average Bonchev–Trinajstić information content (AvgIpc) is 3.12. The molecule has 29 heavy (non-hydrogen) atoms. The molecule has 0 aliphatic heterocycles. The van der Waals surface area contributed by atoms with Crippen LogP contribution in [0.1, 0.15) is 5.56 Å². The molecule has 1 amide bonds. The van der Waals surface area contributed by atoms with E-state index in [1.54, 1.807) is 36.4 Å². The van der Waals surface area contributed by atoms with Crippen molar-refractivity contribution < 1.29 is 9.21 Å². The monoisotopic (exact) mass is 578 g/mol. The number of benzene rings is 3. The molecule has 0 bridgehead atoms. The molecule has 1 heterocycles.